The molecule has 0 aliphatic rings. The molecule has 16 heavy (non-hydrogen) atoms. The van der Waals surface area contributed by atoms with Crippen LogP contribution in [-0.2, 0) is 0 Å². The van der Waals surface area contributed by atoms with Crippen molar-refractivity contribution in [1.82, 2.24) is 0 Å². The van der Waals surface area contributed by atoms with Crippen LogP contribution in [0.25, 0.3) is 0 Å². The Labute approximate surface area is 98.8 Å². The van der Waals surface area contributed by atoms with Gasteiger partial charge in [0, 0.05) is 0 Å². The van der Waals surface area contributed by atoms with E-state index < -0.39 is 5.83 Å². The zero-order chi connectivity index (χ0) is 13.3. The zero-order valence-corrected chi connectivity index (χ0v) is 11.3. The van der Waals surface area contributed by atoms with Crippen LogP contribution < -0.4 is 0 Å². The van der Waals surface area contributed by atoms with Crippen molar-refractivity contribution < 1.29 is 8.78 Å². The van der Waals surface area contributed by atoms with E-state index in [-0.39, 0.29) is 11.7 Å². The number of allylic oxidation sites excluding steroid dienone is 5. The molecule has 0 nitrogen and oxygen atoms in total. The molecule has 0 aromatic heterocycles. The lowest BCUT2D eigenvalue weighted by molar-refractivity contribution is 0.598. The number of hydrogen-bond acceptors (Lipinski definition) is 0. The summed E-state index contributed by atoms with van der Waals surface area (Å²) < 4.78 is 25.3. The Balaban J connectivity index is 0. The minimum atomic E-state index is -0.615. The van der Waals surface area contributed by atoms with Gasteiger partial charge in [-0.05, 0) is 30.4 Å². The standard InChI is InChI=1S/C10H14F2.C4H10/c1-5-10(12)9(7(2)3)6-8(4)11;1-4(2)3/h5-7H,4H2,1-3H3;4H,1-3H3/b9-6-,10-5+;. The van der Waals surface area contributed by atoms with E-state index >= 15 is 0 Å². The minimum absolute atomic E-state index is 0.0336. The quantitative estimate of drug-likeness (QED) is 0.554. The second-order valence-electron chi connectivity index (χ2n) is 4.57. The molecule has 0 radical (unpaired) electrons. The van der Waals surface area contributed by atoms with E-state index in [1.165, 1.54) is 6.08 Å². The third-order valence-electron chi connectivity index (χ3n) is 1.46. The average Bonchev–Trinajstić information content (AvgIpc) is 2.11. The van der Waals surface area contributed by atoms with E-state index in [0.717, 1.165) is 12.0 Å². The van der Waals surface area contributed by atoms with Gasteiger partial charge in [-0.25, -0.2) is 8.78 Å². The third-order valence-corrected chi connectivity index (χ3v) is 1.46. The van der Waals surface area contributed by atoms with Crippen LogP contribution in [0.2, 0.25) is 0 Å². The monoisotopic (exact) mass is 230 g/mol. The predicted octanol–water partition coefficient (Wildman–Crippen LogP) is 5.59. The first kappa shape index (κ1) is 17.5. The maximum absolute atomic E-state index is 13.0. The molecule has 0 saturated carbocycles. The first-order valence-electron chi connectivity index (χ1n) is 5.60. The number of rotatable bonds is 3. The fourth-order valence-corrected chi connectivity index (χ4v) is 0.847. The molecule has 94 valence electrons. The lowest BCUT2D eigenvalue weighted by Gasteiger charge is -2.07. The first-order valence-corrected chi connectivity index (χ1v) is 5.60. The van der Waals surface area contributed by atoms with Crippen molar-refractivity contribution in [3.8, 4) is 0 Å². The highest BCUT2D eigenvalue weighted by Gasteiger charge is 2.08. The van der Waals surface area contributed by atoms with Gasteiger partial charge in [-0.1, -0.05) is 47.3 Å². The Morgan fingerprint density at radius 2 is 1.44 bits per heavy atom. The molecule has 0 aliphatic carbocycles. The van der Waals surface area contributed by atoms with Gasteiger partial charge in [0.05, 0.1) is 0 Å². The van der Waals surface area contributed by atoms with E-state index in [1.54, 1.807) is 20.8 Å². The van der Waals surface area contributed by atoms with Crippen LogP contribution >= 0.6 is 0 Å². The Hall–Kier alpha value is -0.920. The summed E-state index contributed by atoms with van der Waals surface area (Å²) in [5, 5.41) is 0. The number of hydrogen-bond donors (Lipinski definition) is 0. The Kier molecular flexibility index (Phi) is 10.2. The molecule has 0 amide bonds. The molecule has 2 heteroatoms. The van der Waals surface area contributed by atoms with E-state index in [1.807, 2.05) is 0 Å². The van der Waals surface area contributed by atoms with Crippen LogP contribution in [0.5, 0.6) is 0 Å². The van der Waals surface area contributed by atoms with Crippen molar-refractivity contribution >= 4 is 0 Å². The highest BCUT2D eigenvalue weighted by molar-refractivity contribution is 5.31. The second-order valence-corrected chi connectivity index (χ2v) is 4.57. The van der Waals surface area contributed by atoms with Crippen molar-refractivity contribution in [2.45, 2.75) is 41.5 Å². The van der Waals surface area contributed by atoms with Crippen molar-refractivity contribution in [3.63, 3.8) is 0 Å². The van der Waals surface area contributed by atoms with Gasteiger partial charge in [0.15, 0.2) is 0 Å². The smallest absolute Gasteiger partial charge is 0.122 e. The van der Waals surface area contributed by atoms with Crippen LogP contribution in [0.3, 0.4) is 0 Å². The molecule has 0 aliphatic heterocycles. The zero-order valence-electron chi connectivity index (χ0n) is 11.3. The molecule has 0 atom stereocenters. The van der Waals surface area contributed by atoms with E-state index in [0.29, 0.717) is 5.57 Å². The van der Waals surface area contributed by atoms with Gasteiger partial charge in [0.2, 0.25) is 0 Å². The van der Waals surface area contributed by atoms with Gasteiger partial charge in [-0.2, -0.15) is 0 Å². The Morgan fingerprint density at radius 1 is 1.06 bits per heavy atom. The largest absolute Gasteiger partial charge is 0.208 e. The van der Waals surface area contributed by atoms with Gasteiger partial charge in [-0.15, -0.1) is 0 Å². The summed E-state index contributed by atoms with van der Waals surface area (Å²) in [6.45, 7) is 14.7. The predicted molar refractivity (Wildman–Crippen MR) is 68.5 cm³/mol. The van der Waals surface area contributed by atoms with Gasteiger partial charge >= 0.3 is 0 Å². The van der Waals surface area contributed by atoms with E-state index in [4.69, 9.17) is 0 Å². The van der Waals surface area contributed by atoms with E-state index in [9.17, 15) is 8.78 Å². The van der Waals surface area contributed by atoms with Crippen molar-refractivity contribution in [2.24, 2.45) is 11.8 Å². The molecule has 0 heterocycles. The normalized spacial score (nSPS) is 12.6. The molecule has 0 rings (SSSR count). The fourth-order valence-electron chi connectivity index (χ4n) is 0.847. The molecule has 0 N–H and O–H groups in total. The summed E-state index contributed by atoms with van der Waals surface area (Å²) in [5.74, 6) is -0.201. The molecule has 0 saturated heterocycles. The molecule has 0 spiro atoms. The van der Waals surface area contributed by atoms with Crippen molar-refractivity contribution in [1.29, 1.82) is 0 Å². The van der Waals surface area contributed by atoms with Crippen molar-refractivity contribution in [2.75, 3.05) is 0 Å². The number of halogens is 2. The highest BCUT2D eigenvalue weighted by atomic mass is 19.1. The highest BCUT2D eigenvalue weighted by Crippen LogP contribution is 2.22. The molecular formula is C14H24F2. The Morgan fingerprint density at radius 3 is 1.62 bits per heavy atom. The van der Waals surface area contributed by atoms with E-state index in [2.05, 4.69) is 27.4 Å². The van der Waals surface area contributed by atoms with Gasteiger partial charge < -0.3 is 0 Å². The van der Waals surface area contributed by atoms with Crippen LogP contribution in [0.1, 0.15) is 41.5 Å². The molecule has 0 aromatic carbocycles. The topological polar surface area (TPSA) is 0 Å². The third kappa shape index (κ3) is 11.2. The second kappa shape index (κ2) is 9.32. The summed E-state index contributed by atoms with van der Waals surface area (Å²) in [6, 6.07) is 0. The van der Waals surface area contributed by atoms with Crippen LogP contribution in [-0.4, -0.2) is 0 Å². The van der Waals surface area contributed by atoms with Crippen molar-refractivity contribution in [3.05, 3.63) is 36.0 Å². The Bertz CT molecular complexity index is 255. The summed E-state index contributed by atoms with van der Waals surface area (Å²) in [6.07, 6.45) is 2.44. The van der Waals surface area contributed by atoms with Gasteiger partial charge in [0.1, 0.15) is 11.7 Å². The van der Waals surface area contributed by atoms with Crippen LogP contribution in [0.4, 0.5) is 8.78 Å². The summed E-state index contributed by atoms with van der Waals surface area (Å²) in [4.78, 5) is 0. The molecule has 0 fully saturated rings. The summed E-state index contributed by atoms with van der Waals surface area (Å²) in [7, 11) is 0. The molecule has 0 unspecified atom stereocenters. The first-order chi connectivity index (χ1) is 7.22. The SMILES string of the molecule is C=C(F)/C=C(\C(F)=C/C)C(C)C.CC(C)C. The lowest BCUT2D eigenvalue weighted by Crippen LogP contribution is -1.94. The van der Waals surface area contributed by atoms with Crippen LogP contribution in [0, 0.1) is 11.8 Å². The summed E-state index contributed by atoms with van der Waals surface area (Å²) >= 11 is 0. The molecular weight excluding hydrogens is 206 g/mol. The maximum atomic E-state index is 13.0. The van der Waals surface area contributed by atoms with Crippen LogP contribution in [0.15, 0.2) is 36.0 Å². The molecule has 0 aromatic rings. The average molecular weight is 230 g/mol. The van der Waals surface area contributed by atoms with Gasteiger partial charge in [-0.3, -0.25) is 0 Å². The fraction of sp³-hybridized carbons (Fsp3) is 0.571. The molecule has 0 bridgehead atoms. The minimum Gasteiger partial charge on any atom is -0.208 e. The van der Waals surface area contributed by atoms with Gasteiger partial charge in [0.25, 0.3) is 0 Å². The maximum Gasteiger partial charge on any atom is 0.122 e. The summed E-state index contributed by atoms with van der Waals surface area (Å²) in [5.41, 5.74) is 0.352. The lowest BCUT2D eigenvalue weighted by atomic mass is 10.0.